The molecular formula is C50H61Cl2N4O3SSi+. The Morgan fingerprint density at radius 2 is 1.39 bits per heavy atom. The smallest absolute Gasteiger partial charge is 0.414 e. The van der Waals surface area contributed by atoms with Crippen molar-refractivity contribution in [1.82, 2.24) is 9.80 Å². The summed E-state index contributed by atoms with van der Waals surface area (Å²) < 4.78 is 6.06. The zero-order chi connectivity index (χ0) is 44.4. The van der Waals surface area contributed by atoms with Crippen molar-refractivity contribution in [2.75, 3.05) is 18.0 Å². The van der Waals surface area contributed by atoms with Crippen molar-refractivity contribution in [3.63, 3.8) is 0 Å². The molecule has 11 heteroatoms. The van der Waals surface area contributed by atoms with Crippen LogP contribution in [-0.4, -0.2) is 60.5 Å². The largest absolute Gasteiger partial charge is 0.443 e. The third kappa shape index (κ3) is 10.3. The van der Waals surface area contributed by atoms with E-state index in [4.69, 9.17) is 32.9 Å². The molecule has 61 heavy (non-hydrogen) atoms. The number of hydrogen-bond acceptors (Lipinski definition) is 6. The minimum absolute atomic E-state index is 0.00141. The fourth-order valence-electron chi connectivity index (χ4n) is 8.49. The summed E-state index contributed by atoms with van der Waals surface area (Å²) >= 11 is 14.2. The van der Waals surface area contributed by atoms with Crippen molar-refractivity contribution in [2.45, 2.75) is 117 Å². The van der Waals surface area contributed by atoms with Gasteiger partial charge < -0.3 is 14.5 Å². The summed E-state index contributed by atoms with van der Waals surface area (Å²) in [5, 5.41) is 4.58. The lowest BCUT2D eigenvalue weighted by molar-refractivity contribution is -0.128. The van der Waals surface area contributed by atoms with Crippen LogP contribution in [0.25, 0.3) is 0 Å². The van der Waals surface area contributed by atoms with Crippen molar-refractivity contribution in [2.24, 2.45) is 10.9 Å². The first-order valence-electron chi connectivity index (χ1n) is 21.4. The van der Waals surface area contributed by atoms with Crippen LogP contribution >= 0.6 is 35.0 Å². The van der Waals surface area contributed by atoms with Crippen LogP contribution in [0.4, 0.5) is 10.5 Å². The number of unbranched alkanes of at least 4 members (excludes halogenated alkanes) is 1. The number of amidine groups is 1. The maximum Gasteiger partial charge on any atom is 0.414 e. The second kappa shape index (κ2) is 18.8. The number of para-hydroxylation sites is 1. The Hall–Kier alpha value is -4.02. The van der Waals surface area contributed by atoms with Gasteiger partial charge in [-0.15, -0.1) is 0 Å². The monoisotopic (exact) mass is 895 g/mol. The van der Waals surface area contributed by atoms with Crippen molar-refractivity contribution in [3.8, 4) is 0 Å². The Kier molecular flexibility index (Phi) is 14.3. The average molecular weight is 897 g/mol. The molecule has 2 aliphatic rings. The molecule has 6 rings (SSSR count). The molecule has 0 unspecified atom stereocenters. The van der Waals surface area contributed by atoms with E-state index in [1.54, 1.807) is 0 Å². The molecule has 0 bridgehead atoms. The highest BCUT2D eigenvalue weighted by molar-refractivity contribution is 8.18. The number of anilines is 1. The number of benzene rings is 4. The van der Waals surface area contributed by atoms with E-state index in [0.29, 0.717) is 40.9 Å². The second-order valence-electron chi connectivity index (χ2n) is 18.8. The molecule has 0 saturated carbocycles. The van der Waals surface area contributed by atoms with Gasteiger partial charge in [0.25, 0.3) is 5.91 Å². The average Bonchev–Trinajstić information content (AvgIpc) is 3.69. The van der Waals surface area contributed by atoms with Gasteiger partial charge in [0, 0.05) is 34.9 Å². The molecule has 4 aromatic rings. The lowest BCUT2D eigenvalue weighted by Crippen LogP contribution is -2.52. The summed E-state index contributed by atoms with van der Waals surface area (Å²) in [5.74, 6) is 0.0341. The fraction of sp³-hybridized carbons (Fsp3) is 0.420. The molecule has 2 amide bonds. The van der Waals surface area contributed by atoms with Crippen LogP contribution in [0.3, 0.4) is 0 Å². The fourth-order valence-corrected chi connectivity index (χ4v) is 13.3. The van der Waals surface area contributed by atoms with E-state index < -0.39 is 19.9 Å². The van der Waals surface area contributed by atoms with Crippen molar-refractivity contribution >= 4 is 77.0 Å². The molecule has 0 aliphatic carbocycles. The van der Waals surface area contributed by atoms with Crippen LogP contribution in [0.15, 0.2) is 119 Å². The predicted octanol–water partition coefficient (Wildman–Crippen LogP) is 12.1. The number of rotatable bonds is 13. The highest BCUT2D eigenvalue weighted by Crippen LogP contribution is 2.56. The van der Waals surface area contributed by atoms with Crippen molar-refractivity contribution in [1.29, 1.82) is 0 Å². The Balaban J connectivity index is 1.28. The zero-order valence-corrected chi connectivity index (χ0v) is 40.9. The summed E-state index contributed by atoms with van der Waals surface area (Å²) in [6.45, 7) is 24.2. The number of carbonyl (C=O) groups excluding carboxylic acids is 2. The highest BCUT2D eigenvalue weighted by Gasteiger charge is 2.54. The Morgan fingerprint density at radius 3 is 1.97 bits per heavy atom. The highest BCUT2D eigenvalue weighted by atomic mass is 35.5. The van der Waals surface area contributed by atoms with E-state index in [2.05, 4.69) is 121 Å². The molecule has 4 aromatic carbocycles. The lowest BCUT2D eigenvalue weighted by Gasteiger charge is -2.37. The number of hydrogen-bond donors (Lipinski definition) is 0. The number of halogens is 2. The van der Waals surface area contributed by atoms with Gasteiger partial charge in [0.15, 0.2) is 5.17 Å². The van der Waals surface area contributed by atoms with Gasteiger partial charge >= 0.3 is 14.9 Å². The molecular weight excluding hydrogens is 836 g/mol. The molecule has 0 radical (unpaired) electrons. The van der Waals surface area contributed by atoms with Gasteiger partial charge in [-0.25, -0.2) is 9.79 Å². The first-order chi connectivity index (χ1) is 28.7. The predicted molar refractivity (Wildman–Crippen MR) is 259 cm³/mol. The molecule has 0 fully saturated rings. The van der Waals surface area contributed by atoms with Gasteiger partial charge in [-0.1, -0.05) is 91.6 Å². The Bertz CT molecular complexity index is 2250. The molecule has 0 saturated heterocycles. The van der Waals surface area contributed by atoms with Gasteiger partial charge in [0.2, 0.25) is 0 Å². The van der Waals surface area contributed by atoms with Crippen LogP contribution in [0.2, 0.25) is 15.1 Å². The number of nitrogens with zero attached hydrogens (tertiary/aromatic N) is 4. The summed E-state index contributed by atoms with van der Waals surface area (Å²) in [4.78, 5) is 41.3. The van der Waals surface area contributed by atoms with Crippen LogP contribution in [0.1, 0.15) is 106 Å². The minimum Gasteiger partial charge on any atom is -0.443 e. The molecule has 0 N–H and O–H groups in total. The lowest BCUT2D eigenvalue weighted by atomic mass is 9.81. The van der Waals surface area contributed by atoms with Gasteiger partial charge in [0.05, 0.1) is 16.8 Å². The number of aliphatic imine (C=N–C) groups is 1. The standard InChI is InChI=1S/C50H61Cl2N4O3SSi/c1-33(2)42-43(60-46-53-50(11,36-25-29-38(52)30-26-36)44(56(42)46)35-23-27-37(51)28-24-35)45(57)54(34(3)4)31-17-18-32-55(47(58)59-48(5,6)7)40-21-15-16-22-41(40)61(49(8,9)10)39-19-13-12-14-20-39/h12-16,19-30,33-34,44H,17-18,31-32H2,1-11H3/q+1/t44-,50+/m1/s1. The Morgan fingerprint density at radius 1 is 0.820 bits per heavy atom. The van der Waals surface area contributed by atoms with Gasteiger partial charge in [-0.05, 0) is 152 Å². The molecule has 7 nitrogen and oxygen atoms in total. The number of ether oxygens (including phenoxy) is 1. The maximum atomic E-state index is 14.9. The van der Waals surface area contributed by atoms with Gasteiger partial charge in [-0.3, -0.25) is 9.69 Å². The van der Waals surface area contributed by atoms with Gasteiger partial charge in [-0.2, -0.15) is 0 Å². The van der Waals surface area contributed by atoms with E-state index in [1.807, 2.05) is 73.0 Å². The first-order valence-corrected chi connectivity index (χ1v) is 24.4. The normalized spacial score (nSPS) is 17.8. The van der Waals surface area contributed by atoms with Crippen LogP contribution in [-0.2, 0) is 15.1 Å². The summed E-state index contributed by atoms with van der Waals surface area (Å²) in [7, 11) is -1.34. The van der Waals surface area contributed by atoms with Crippen LogP contribution < -0.4 is 15.3 Å². The van der Waals surface area contributed by atoms with Crippen molar-refractivity contribution < 1.29 is 14.3 Å². The number of carbonyl (C=O) groups is 2. The maximum absolute atomic E-state index is 14.9. The number of thioether (sulfide) groups is 1. The summed E-state index contributed by atoms with van der Waals surface area (Å²) in [5.41, 5.74) is 2.64. The van der Waals surface area contributed by atoms with E-state index >= 15 is 0 Å². The third-order valence-electron chi connectivity index (χ3n) is 11.2. The molecule has 2 atom stereocenters. The molecule has 0 spiro atoms. The Labute approximate surface area is 380 Å². The first kappa shape index (κ1) is 46.5. The van der Waals surface area contributed by atoms with Crippen LogP contribution in [0.5, 0.6) is 0 Å². The van der Waals surface area contributed by atoms with E-state index in [-0.39, 0.29) is 35.0 Å². The summed E-state index contributed by atoms with van der Waals surface area (Å²) in [6, 6.07) is 34.6. The van der Waals surface area contributed by atoms with Gasteiger partial charge in [0.1, 0.15) is 26.4 Å². The van der Waals surface area contributed by atoms with E-state index in [9.17, 15) is 9.59 Å². The topological polar surface area (TPSA) is 65.5 Å². The quantitative estimate of drug-likeness (QED) is 0.0988. The SMILES string of the molecule is CC(C)C1=C(C(=O)N(CCCCN(C(=O)OC(C)(C)C)c2ccccc2[Si+](c2ccccc2)C(C)(C)C)C(C)C)SC2=N[C@@](C)(c3ccc(Cl)cc3)[C@@H](c3ccc(Cl)cc3)N21. The van der Waals surface area contributed by atoms with Crippen LogP contribution in [0, 0.1) is 5.92 Å². The minimum atomic E-state index is -1.34. The number of amides is 2. The summed E-state index contributed by atoms with van der Waals surface area (Å²) in [6.07, 6.45) is 1.01. The van der Waals surface area contributed by atoms with Crippen molar-refractivity contribution in [3.05, 3.63) is 135 Å². The molecule has 0 aromatic heterocycles. The molecule has 2 aliphatic heterocycles. The molecule has 2 heterocycles. The zero-order valence-electron chi connectivity index (χ0n) is 37.6. The second-order valence-corrected chi connectivity index (χ2v) is 24.0. The number of allylic oxidation sites excluding steroid dienone is 1. The molecule has 322 valence electrons. The third-order valence-corrected chi connectivity index (χ3v) is 16.1. The number of fused-ring (bicyclic) bond motifs is 1. The van der Waals surface area contributed by atoms with E-state index in [1.165, 1.54) is 22.1 Å². The van der Waals surface area contributed by atoms with E-state index in [0.717, 1.165) is 27.7 Å².